The van der Waals surface area contributed by atoms with E-state index in [1.165, 1.54) is 41.5 Å². The van der Waals surface area contributed by atoms with Crippen LogP contribution in [0.15, 0.2) is 255 Å². The van der Waals surface area contributed by atoms with Crippen LogP contribution in [0.25, 0.3) is 34.2 Å². The third-order valence-electron chi connectivity index (χ3n) is 12.3. The molecule has 10 aromatic rings. The lowest BCUT2D eigenvalue weighted by Gasteiger charge is -2.34. The smallest absolute Gasteiger partial charge is 0.179 e. The third kappa shape index (κ3) is 7.29. The molecule has 1 heterocycles. The molecule has 0 saturated heterocycles. The molecule has 0 bridgehead atoms. The van der Waals surface area contributed by atoms with Crippen LogP contribution in [0, 0.1) is 11.3 Å². The Hall–Kier alpha value is -8.09. The molecule has 302 valence electrons. The molecular weight excluding hydrogens is 809 g/mol. The molecule has 1 aromatic heterocycles. The SMILES string of the molecule is N#Cc1ccc(-c2nc(-c3cccc([Si](c4ccccc4)(c4ccccc4)c4ccccc4)c3)nc(-c3cccc([Si](c4ccccc4)(c4ccccc4)c4ccccc4)c3)n2)cc1. The highest BCUT2D eigenvalue weighted by atomic mass is 28.3. The van der Waals surface area contributed by atoms with Gasteiger partial charge in [0.25, 0.3) is 0 Å². The lowest BCUT2D eigenvalue weighted by Crippen LogP contribution is -2.74. The van der Waals surface area contributed by atoms with E-state index >= 15 is 0 Å². The van der Waals surface area contributed by atoms with E-state index in [-0.39, 0.29) is 0 Å². The van der Waals surface area contributed by atoms with Gasteiger partial charge in [0.1, 0.15) is 0 Å². The molecule has 0 N–H and O–H groups in total. The van der Waals surface area contributed by atoms with Crippen LogP contribution in [0.2, 0.25) is 0 Å². The summed E-state index contributed by atoms with van der Waals surface area (Å²) in [6.45, 7) is 0. The summed E-state index contributed by atoms with van der Waals surface area (Å²) in [4.78, 5) is 15.8. The standard InChI is InChI=1S/C58H42N4Si2/c59-43-44-37-39-45(40-38-44)56-60-57(46-21-19-35-54(41-46)63(48-23-7-1-8-24-48,49-25-9-2-10-26-49)50-27-11-3-12-28-50)62-58(61-56)47-22-20-36-55(42-47)64(51-29-13-4-14-30-51,52-31-15-5-16-32-52)53-33-17-6-18-34-53/h1-42H. The lowest BCUT2D eigenvalue weighted by atomic mass is 10.1. The zero-order chi connectivity index (χ0) is 43.2. The number of benzene rings is 9. The minimum absolute atomic E-state index is 0.538. The molecule has 0 spiro atoms. The Kier molecular flexibility index (Phi) is 11.1. The minimum atomic E-state index is -2.85. The first-order chi connectivity index (χ1) is 31.7. The van der Waals surface area contributed by atoms with E-state index < -0.39 is 16.1 Å². The Morgan fingerprint density at radius 3 is 0.812 bits per heavy atom. The van der Waals surface area contributed by atoms with E-state index in [2.05, 4.69) is 237 Å². The Morgan fingerprint density at radius 1 is 0.266 bits per heavy atom. The molecule has 0 amide bonds. The molecule has 6 heteroatoms. The topological polar surface area (TPSA) is 62.5 Å². The number of hydrogen-bond donors (Lipinski definition) is 0. The summed E-state index contributed by atoms with van der Waals surface area (Å²) in [6.07, 6.45) is 0. The van der Waals surface area contributed by atoms with Crippen LogP contribution in [-0.4, -0.2) is 31.1 Å². The quantitative estimate of drug-likeness (QED) is 0.100. The average molecular weight is 851 g/mol. The maximum Gasteiger partial charge on any atom is 0.179 e. The number of hydrogen-bond acceptors (Lipinski definition) is 4. The first-order valence-corrected chi connectivity index (χ1v) is 25.5. The molecule has 10 rings (SSSR count). The Bertz CT molecular complexity index is 2820. The average Bonchev–Trinajstić information content (AvgIpc) is 3.39. The van der Waals surface area contributed by atoms with Gasteiger partial charge in [0.2, 0.25) is 0 Å². The van der Waals surface area contributed by atoms with Crippen LogP contribution >= 0.6 is 0 Å². The zero-order valence-corrected chi connectivity index (χ0v) is 37.0. The van der Waals surface area contributed by atoms with Gasteiger partial charge in [-0.2, -0.15) is 5.26 Å². The Labute approximate surface area is 376 Å². The summed E-state index contributed by atoms with van der Waals surface area (Å²) in [5.41, 5.74) is 3.17. The van der Waals surface area contributed by atoms with Crippen molar-refractivity contribution in [3.63, 3.8) is 0 Å². The van der Waals surface area contributed by atoms with Crippen molar-refractivity contribution >= 4 is 57.6 Å². The van der Waals surface area contributed by atoms with Crippen molar-refractivity contribution in [1.29, 1.82) is 5.26 Å². The lowest BCUT2D eigenvalue weighted by molar-refractivity contribution is 1.07. The zero-order valence-electron chi connectivity index (χ0n) is 35.0. The highest BCUT2D eigenvalue weighted by Crippen LogP contribution is 2.26. The van der Waals surface area contributed by atoms with Crippen molar-refractivity contribution in [2.45, 2.75) is 0 Å². The summed E-state index contributed by atoms with van der Waals surface area (Å²) in [6, 6.07) is 93.0. The monoisotopic (exact) mass is 850 g/mol. The van der Waals surface area contributed by atoms with Crippen molar-refractivity contribution in [2.75, 3.05) is 0 Å². The largest absolute Gasteiger partial charge is 0.208 e. The van der Waals surface area contributed by atoms with Crippen molar-refractivity contribution in [3.05, 3.63) is 260 Å². The van der Waals surface area contributed by atoms with Crippen LogP contribution < -0.4 is 41.5 Å². The Morgan fingerprint density at radius 2 is 0.531 bits per heavy atom. The molecule has 0 aliphatic carbocycles. The van der Waals surface area contributed by atoms with E-state index in [1.54, 1.807) is 0 Å². The van der Waals surface area contributed by atoms with Gasteiger partial charge in [-0.3, -0.25) is 0 Å². The van der Waals surface area contributed by atoms with E-state index in [0.29, 0.717) is 23.0 Å². The van der Waals surface area contributed by atoms with E-state index in [1.807, 2.05) is 24.3 Å². The molecule has 64 heavy (non-hydrogen) atoms. The first-order valence-electron chi connectivity index (χ1n) is 21.5. The normalized spacial score (nSPS) is 11.4. The number of nitrogens with zero attached hydrogens (tertiary/aromatic N) is 4. The van der Waals surface area contributed by atoms with Crippen molar-refractivity contribution in [3.8, 4) is 40.2 Å². The van der Waals surface area contributed by atoms with Crippen LogP contribution in [-0.2, 0) is 0 Å². The molecule has 0 atom stereocenters. The molecular formula is C58H42N4Si2. The number of rotatable bonds is 11. The van der Waals surface area contributed by atoms with Gasteiger partial charge in [0.05, 0.1) is 11.6 Å². The second-order valence-electron chi connectivity index (χ2n) is 15.9. The minimum Gasteiger partial charge on any atom is -0.208 e. The van der Waals surface area contributed by atoms with Crippen LogP contribution in [0.5, 0.6) is 0 Å². The van der Waals surface area contributed by atoms with Crippen LogP contribution in [0.4, 0.5) is 0 Å². The Balaban J connectivity index is 1.20. The van der Waals surface area contributed by atoms with Crippen LogP contribution in [0.1, 0.15) is 5.56 Å². The molecule has 0 unspecified atom stereocenters. The van der Waals surface area contributed by atoms with Gasteiger partial charge in [-0.05, 0) is 65.8 Å². The van der Waals surface area contributed by atoms with Gasteiger partial charge >= 0.3 is 0 Å². The molecule has 0 saturated carbocycles. The van der Waals surface area contributed by atoms with Gasteiger partial charge < -0.3 is 0 Å². The van der Waals surface area contributed by atoms with Crippen molar-refractivity contribution < 1.29 is 0 Å². The summed E-state index contributed by atoms with van der Waals surface area (Å²) >= 11 is 0. The summed E-state index contributed by atoms with van der Waals surface area (Å²) in [5, 5.41) is 19.9. The second kappa shape index (κ2) is 17.7. The fraction of sp³-hybridized carbons (Fsp3) is 0. The summed E-state index contributed by atoms with van der Waals surface area (Å²) in [7, 11) is -5.70. The van der Waals surface area contributed by atoms with Gasteiger partial charge in [-0.15, -0.1) is 0 Å². The highest BCUT2D eigenvalue weighted by molar-refractivity contribution is 7.20. The number of aromatic nitrogens is 3. The maximum absolute atomic E-state index is 9.68. The summed E-state index contributed by atoms with van der Waals surface area (Å²) < 4.78 is 0. The van der Waals surface area contributed by atoms with E-state index in [0.717, 1.165) is 16.7 Å². The molecule has 0 fully saturated rings. The summed E-state index contributed by atoms with van der Waals surface area (Å²) in [5.74, 6) is 1.69. The van der Waals surface area contributed by atoms with Gasteiger partial charge in [0, 0.05) is 16.7 Å². The highest BCUT2D eigenvalue weighted by Gasteiger charge is 2.43. The fourth-order valence-corrected chi connectivity index (χ4v) is 19.0. The molecule has 9 aromatic carbocycles. The number of nitriles is 1. The van der Waals surface area contributed by atoms with E-state index in [4.69, 9.17) is 15.0 Å². The fourth-order valence-electron chi connectivity index (χ4n) is 9.37. The van der Waals surface area contributed by atoms with Gasteiger partial charge in [0.15, 0.2) is 33.6 Å². The second-order valence-corrected chi connectivity index (χ2v) is 23.5. The predicted molar refractivity (Wildman–Crippen MR) is 268 cm³/mol. The van der Waals surface area contributed by atoms with Gasteiger partial charge in [-0.1, -0.05) is 231 Å². The third-order valence-corrected chi connectivity index (χ3v) is 21.8. The van der Waals surface area contributed by atoms with Crippen molar-refractivity contribution in [2.24, 2.45) is 0 Å². The molecule has 0 radical (unpaired) electrons. The van der Waals surface area contributed by atoms with Gasteiger partial charge in [-0.25, -0.2) is 15.0 Å². The molecule has 4 nitrogen and oxygen atoms in total. The predicted octanol–water partition coefficient (Wildman–Crippen LogP) is 7.50. The molecule has 0 aliphatic rings. The maximum atomic E-state index is 9.68. The van der Waals surface area contributed by atoms with Crippen molar-refractivity contribution in [1.82, 2.24) is 15.0 Å². The van der Waals surface area contributed by atoms with Crippen LogP contribution in [0.3, 0.4) is 0 Å². The molecule has 0 aliphatic heterocycles. The first kappa shape index (κ1) is 40.0. The van der Waals surface area contributed by atoms with E-state index in [9.17, 15) is 5.26 Å².